The molecule has 3 nitrogen and oxygen atoms in total. The maximum absolute atomic E-state index is 3.70. The molecule has 1 saturated heterocycles. The lowest BCUT2D eigenvalue weighted by molar-refractivity contribution is 0.0926. The van der Waals surface area contributed by atoms with Gasteiger partial charge < -0.3 is 10.2 Å². The molecule has 0 saturated carbocycles. The molecular formula is C18H31N3. The molecule has 0 aliphatic carbocycles. The van der Waals surface area contributed by atoms with Crippen LogP contribution in [0.3, 0.4) is 0 Å². The van der Waals surface area contributed by atoms with Crippen molar-refractivity contribution in [3.05, 3.63) is 35.9 Å². The van der Waals surface area contributed by atoms with Gasteiger partial charge in [-0.3, -0.25) is 4.90 Å². The second kappa shape index (κ2) is 7.39. The lowest BCUT2D eigenvalue weighted by Crippen LogP contribution is -2.58. The minimum Gasteiger partial charge on any atom is -0.309 e. The van der Waals surface area contributed by atoms with Crippen LogP contribution in [0.25, 0.3) is 0 Å². The monoisotopic (exact) mass is 289 g/mol. The van der Waals surface area contributed by atoms with Gasteiger partial charge in [0.15, 0.2) is 0 Å². The van der Waals surface area contributed by atoms with Crippen LogP contribution in [-0.2, 0) is 0 Å². The highest BCUT2D eigenvalue weighted by molar-refractivity contribution is 5.20. The lowest BCUT2D eigenvalue weighted by atomic mass is 9.94. The highest BCUT2D eigenvalue weighted by Crippen LogP contribution is 2.27. The Balaban J connectivity index is 1.97. The summed E-state index contributed by atoms with van der Waals surface area (Å²) in [5.74, 6) is 0. The van der Waals surface area contributed by atoms with Crippen LogP contribution in [0.4, 0.5) is 0 Å². The number of rotatable bonds is 6. The Bertz CT molecular complexity index is 414. The Labute approximate surface area is 130 Å². The zero-order chi connectivity index (χ0) is 15.3. The fraction of sp³-hybridized carbons (Fsp3) is 0.667. The first-order valence-corrected chi connectivity index (χ1v) is 8.17. The fourth-order valence-electron chi connectivity index (χ4n) is 3.16. The molecule has 0 aromatic heterocycles. The van der Waals surface area contributed by atoms with Crippen molar-refractivity contribution in [1.29, 1.82) is 0 Å². The third-order valence-corrected chi connectivity index (χ3v) is 4.30. The number of piperazine rings is 1. The minimum atomic E-state index is 0.215. The molecule has 0 radical (unpaired) electrons. The van der Waals surface area contributed by atoms with Gasteiger partial charge in [-0.2, -0.15) is 0 Å². The molecule has 1 aromatic carbocycles. The zero-order valence-electron chi connectivity index (χ0n) is 14.1. The maximum atomic E-state index is 3.70. The van der Waals surface area contributed by atoms with Gasteiger partial charge in [0.2, 0.25) is 0 Å². The molecule has 0 spiro atoms. The van der Waals surface area contributed by atoms with E-state index in [0.29, 0.717) is 6.04 Å². The first-order valence-electron chi connectivity index (χ1n) is 8.17. The molecule has 1 heterocycles. The smallest absolute Gasteiger partial charge is 0.0473 e. The van der Waals surface area contributed by atoms with E-state index in [9.17, 15) is 0 Å². The Morgan fingerprint density at radius 2 is 1.90 bits per heavy atom. The van der Waals surface area contributed by atoms with Gasteiger partial charge in [-0.05, 0) is 59.4 Å². The topological polar surface area (TPSA) is 18.5 Å². The molecule has 21 heavy (non-hydrogen) atoms. The number of benzene rings is 1. The predicted molar refractivity (Wildman–Crippen MR) is 90.6 cm³/mol. The molecule has 1 N–H and O–H groups in total. The average Bonchev–Trinajstić information content (AvgIpc) is 2.44. The molecule has 118 valence electrons. The summed E-state index contributed by atoms with van der Waals surface area (Å²) in [4.78, 5) is 4.94. The quantitative estimate of drug-likeness (QED) is 0.813. The van der Waals surface area contributed by atoms with Crippen LogP contribution < -0.4 is 5.32 Å². The van der Waals surface area contributed by atoms with Crippen LogP contribution in [0.1, 0.15) is 38.3 Å². The van der Waals surface area contributed by atoms with Crippen LogP contribution in [0.2, 0.25) is 0 Å². The maximum Gasteiger partial charge on any atom is 0.0473 e. The second-order valence-electron chi connectivity index (χ2n) is 7.17. The van der Waals surface area contributed by atoms with Crippen molar-refractivity contribution in [3.8, 4) is 0 Å². The van der Waals surface area contributed by atoms with E-state index in [-0.39, 0.29) is 5.54 Å². The average molecular weight is 289 g/mol. The first kappa shape index (κ1) is 16.5. The van der Waals surface area contributed by atoms with Crippen molar-refractivity contribution in [1.82, 2.24) is 15.1 Å². The van der Waals surface area contributed by atoms with Crippen molar-refractivity contribution in [3.63, 3.8) is 0 Å². The van der Waals surface area contributed by atoms with Crippen molar-refractivity contribution < 1.29 is 0 Å². The zero-order valence-corrected chi connectivity index (χ0v) is 14.1. The second-order valence-corrected chi connectivity index (χ2v) is 7.17. The summed E-state index contributed by atoms with van der Waals surface area (Å²) in [6.45, 7) is 9.16. The number of hydrogen-bond donors (Lipinski definition) is 1. The van der Waals surface area contributed by atoms with Crippen LogP contribution in [0, 0.1) is 0 Å². The summed E-state index contributed by atoms with van der Waals surface area (Å²) in [5, 5.41) is 3.70. The van der Waals surface area contributed by atoms with Gasteiger partial charge in [0.25, 0.3) is 0 Å². The van der Waals surface area contributed by atoms with Gasteiger partial charge in [-0.25, -0.2) is 0 Å². The first-order chi connectivity index (χ1) is 9.98. The number of hydrogen-bond acceptors (Lipinski definition) is 3. The third kappa shape index (κ3) is 5.10. The molecule has 0 amide bonds. The molecule has 1 aromatic rings. The van der Waals surface area contributed by atoms with Gasteiger partial charge in [0.1, 0.15) is 0 Å². The Kier molecular flexibility index (Phi) is 5.80. The van der Waals surface area contributed by atoms with Gasteiger partial charge >= 0.3 is 0 Å². The Morgan fingerprint density at radius 3 is 2.57 bits per heavy atom. The Hall–Kier alpha value is -0.900. The van der Waals surface area contributed by atoms with E-state index in [1.165, 1.54) is 31.5 Å². The summed E-state index contributed by atoms with van der Waals surface area (Å²) < 4.78 is 0. The van der Waals surface area contributed by atoms with Crippen LogP contribution in [0.15, 0.2) is 30.3 Å². The van der Waals surface area contributed by atoms with Gasteiger partial charge in [0, 0.05) is 24.7 Å². The molecule has 0 bridgehead atoms. The van der Waals surface area contributed by atoms with Crippen molar-refractivity contribution in [2.24, 2.45) is 0 Å². The third-order valence-electron chi connectivity index (χ3n) is 4.30. The van der Waals surface area contributed by atoms with Crippen LogP contribution >= 0.6 is 0 Å². The number of unbranched alkanes of at least 4 members (excludes halogenated alkanes) is 1. The van der Waals surface area contributed by atoms with Gasteiger partial charge in [0.05, 0.1) is 0 Å². The standard InChI is InChI=1S/C18H31N3/c1-18(2)15-21(13-9-8-12-20(3)4)17(14-19-18)16-10-6-5-7-11-16/h5-7,10-11,17,19H,8-9,12-15H2,1-4H3. The molecular weight excluding hydrogens is 258 g/mol. The minimum absolute atomic E-state index is 0.215. The summed E-state index contributed by atoms with van der Waals surface area (Å²) in [7, 11) is 4.31. The van der Waals surface area contributed by atoms with E-state index < -0.39 is 0 Å². The molecule has 1 fully saturated rings. The largest absolute Gasteiger partial charge is 0.309 e. The fourth-order valence-corrected chi connectivity index (χ4v) is 3.16. The summed E-state index contributed by atoms with van der Waals surface area (Å²) in [5.41, 5.74) is 1.65. The van der Waals surface area contributed by atoms with Crippen LogP contribution in [0.5, 0.6) is 0 Å². The lowest BCUT2D eigenvalue weighted by Gasteiger charge is -2.45. The molecule has 2 rings (SSSR count). The van der Waals surface area contributed by atoms with Crippen molar-refractivity contribution in [2.75, 3.05) is 40.3 Å². The summed E-state index contributed by atoms with van der Waals surface area (Å²) in [6, 6.07) is 11.4. The summed E-state index contributed by atoms with van der Waals surface area (Å²) >= 11 is 0. The van der Waals surface area contributed by atoms with E-state index >= 15 is 0 Å². The van der Waals surface area contributed by atoms with E-state index in [4.69, 9.17) is 0 Å². The van der Waals surface area contributed by atoms with Crippen LogP contribution in [-0.4, -0.2) is 55.6 Å². The highest BCUT2D eigenvalue weighted by atomic mass is 15.2. The molecule has 3 heteroatoms. The summed E-state index contributed by atoms with van der Waals surface area (Å²) in [6.07, 6.45) is 2.55. The number of nitrogens with zero attached hydrogens (tertiary/aromatic N) is 2. The normalized spacial score (nSPS) is 22.6. The molecule has 1 atom stereocenters. The van der Waals surface area contributed by atoms with Crippen molar-refractivity contribution >= 4 is 0 Å². The van der Waals surface area contributed by atoms with E-state index in [0.717, 1.165) is 13.1 Å². The van der Waals surface area contributed by atoms with E-state index in [1.807, 2.05) is 0 Å². The molecule has 1 aliphatic rings. The van der Waals surface area contributed by atoms with Gasteiger partial charge in [-0.1, -0.05) is 30.3 Å². The molecule has 1 unspecified atom stereocenters. The van der Waals surface area contributed by atoms with Gasteiger partial charge in [-0.15, -0.1) is 0 Å². The van der Waals surface area contributed by atoms with E-state index in [2.05, 4.69) is 73.4 Å². The number of nitrogens with one attached hydrogen (secondary N) is 1. The SMILES string of the molecule is CN(C)CCCCN1CC(C)(C)NCC1c1ccccc1. The Morgan fingerprint density at radius 1 is 1.19 bits per heavy atom. The van der Waals surface area contributed by atoms with Crippen molar-refractivity contribution in [2.45, 2.75) is 38.3 Å². The highest BCUT2D eigenvalue weighted by Gasteiger charge is 2.32. The predicted octanol–water partition coefficient (Wildman–Crippen LogP) is 2.75. The van der Waals surface area contributed by atoms with E-state index in [1.54, 1.807) is 0 Å². The molecule has 1 aliphatic heterocycles.